The predicted molar refractivity (Wildman–Crippen MR) is 43.2 cm³/mol. The van der Waals surface area contributed by atoms with Crippen LogP contribution in [0.15, 0.2) is 0 Å². The van der Waals surface area contributed by atoms with Gasteiger partial charge >= 0.3 is 65.7 Å². The molecule has 4 nitrogen and oxygen atoms in total. The van der Waals surface area contributed by atoms with Gasteiger partial charge in [-0.25, -0.2) is 0 Å². The van der Waals surface area contributed by atoms with Gasteiger partial charge in [0.2, 0.25) is 0 Å². The normalized spacial score (nSPS) is 7.27. The van der Waals surface area contributed by atoms with Crippen LogP contribution in [0.3, 0.4) is 0 Å². The Morgan fingerprint density at radius 1 is 1.00 bits per heavy atom. The molecule has 0 heterocycles. The molecular weight excluding hydrogens is 383 g/mol. The van der Waals surface area contributed by atoms with Gasteiger partial charge in [0.15, 0.2) is 0 Å². The Hall–Kier alpha value is 1.12. The van der Waals surface area contributed by atoms with Crippen molar-refractivity contribution in [3.63, 3.8) is 0 Å². The summed E-state index contributed by atoms with van der Waals surface area (Å²) in [6, 6.07) is 0. The molecule has 0 atom stereocenters. The smallest absolute Gasteiger partial charge is 1.00 e. The van der Waals surface area contributed by atoms with Gasteiger partial charge in [-0.1, -0.05) is 0 Å². The van der Waals surface area contributed by atoms with Crippen LogP contribution in [0, 0.1) is 0 Å². The Morgan fingerprint density at radius 2 is 1.27 bits per heavy atom. The summed E-state index contributed by atoms with van der Waals surface area (Å²) in [6.07, 6.45) is 0. The molecule has 0 bridgehead atoms. The van der Waals surface area contributed by atoms with Crippen molar-refractivity contribution in [3.8, 4) is 0 Å². The molecule has 0 saturated heterocycles. The fraction of sp³-hybridized carbons (Fsp3) is 0. The van der Waals surface area contributed by atoms with E-state index in [1.807, 2.05) is 0 Å². The number of nitrogens with two attached hydrogens (primary N) is 4. The van der Waals surface area contributed by atoms with Crippen molar-refractivity contribution in [2.24, 2.45) is 11.5 Å². The number of hydrogen-bond donors (Lipinski definition) is 4. The first-order valence-corrected chi connectivity index (χ1v) is 7.58. The van der Waals surface area contributed by atoms with Crippen molar-refractivity contribution in [2.75, 3.05) is 0 Å². The van der Waals surface area contributed by atoms with Gasteiger partial charge in [-0.2, -0.15) is 0 Å². The zero-order chi connectivity index (χ0) is 7.28. The minimum Gasteiger partial charge on any atom is -1.00 e. The van der Waals surface area contributed by atoms with E-state index in [9.17, 15) is 0 Å². The Bertz CT molecular complexity index is 119. The maximum Gasteiger partial charge on any atom is -1.00 e. The van der Waals surface area contributed by atoms with Crippen LogP contribution >= 0.6 is 20.4 Å². The Balaban J connectivity index is -0.000000320. The van der Waals surface area contributed by atoms with Gasteiger partial charge in [-0.05, 0) is 0 Å². The second-order valence-electron chi connectivity index (χ2n) is 1.04. The summed E-state index contributed by atoms with van der Waals surface area (Å²) in [5.74, 6) is 0. The van der Waals surface area contributed by atoms with E-state index < -0.39 is 0 Å². The second kappa shape index (κ2) is 11.1. The van der Waals surface area contributed by atoms with Gasteiger partial charge in [0.25, 0.3) is 0 Å². The van der Waals surface area contributed by atoms with E-state index in [1.54, 1.807) is 0 Å². The molecule has 8 N–H and O–H groups in total. The van der Waals surface area contributed by atoms with Crippen LogP contribution in [-0.2, 0) is 0 Å². The molecule has 0 aromatic heterocycles. The van der Waals surface area contributed by atoms with E-state index in [2.05, 4.69) is 0 Å². The van der Waals surface area contributed by atoms with Crippen LogP contribution in [0.5, 0.6) is 0 Å². The molecule has 0 fully saturated rings. The molecule has 0 unspecified atom stereocenters. The first kappa shape index (κ1) is 18.0. The Labute approximate surface area is 98.8 Å². The average Bonchev–Trinajstić information content (AvgIpc) is 1.63. The molecule has 0 amide bonds. The fourth-order valence-corrected chi connectivity index (χ4v) is 4.47. The molecule has 11 heavy (non-hydrogen) atoms. The zero-order valence-corrected chi connectivity index (χ0v) is 11.8. The molecule has 0 radical (unpaired) electrons. The van der Waals surface area contributed by atoms with Crippen LogP contribution in [0.1, 0.15) is 0 Å². The number of halogens is 2. The topological polar surface area (TPSA) is 103 Å². The molecule has 0 aliphatic carbocycles. The summed E-state index contributed by atoms with van der Waals surface area (Å²) in [4.78, 5) is 0. The summed E-state index contributed by atoms with van der Waals surface area (Å²) in [6.45, 7) is 0. The fourth-order valence-electron chi connectivity index (χ4n) is 0.0956. The molecule has 9 heteroatoms. The van der Waals surface area contributed by atoms with Crippen molar-refractivity contribution in [1.29, 1.82) is 0 Å². The Kier molecular flexibility index (Phi) is 18.2. The van der Waals surface area contributed by atoms with Crippen molar-refractivity contribution < 1.29 is 44.8 Å². The molecule has 0 spiro atoms. The van der Waals surface area contributed by atoms with E-state index in [0.29, 0.717) is 10.3 Å². The van der Waals surface area contributed by atoms with Gasteiger partial charge in [-0.3, -0.25) is 0 Å². The molecule has 0 saturated carbocycles. The maximum absolute atomic E-state index is 5.15. The summed E-state index contributed by atoms with van der Waals surface area (Å²) in [5.41, 5.74) is 10.3. The summed E-state index contributed by atoms with van der Waals surface area (Å²) in [7, 11) is 2.75. The van der Waals surface area contributed by atoms with Crippen LogP contribution in [0.2, 0.25) is 0 Å². The van der Waals surface area contributed by atoms with Crippen LogP contribution < -0.4 is 56.2 Å². The minimum atomic E-state index is 0. The maximum atomic E-state index is 5.15. The number of hydrogen-bond acceptors (Lipinski definition) is 2. The third-order valence-electron chi connectivity index (χ3n) is 0.260. The van der Waals surface area contributed by atoms with Gasteiger partial charge < -0.3 is 34.0 Å². The van der Waals surface area contributed by atoms with Crippen LogP contribution in [-0.4, -0.2) is 23.1 Å². The van der Waals surface area contributed by atoms with Crippen LogP contribution in [0.4, 0.5) is 0 Å². The zero-order valence-electron chi connectivity index (χ0n) is 5.29. The molecule has 0 aromatic carbocycles. The number of amidine groups is 2. The standard InChI is InChI=1S/C2H6N4S2Se.2BrH/c3-1(4)7-9-8-2(5)6;;/h(H3,3,4)(H3,5,6);2*1H. The average molecular weight is 391 g/mol. The van der Waals surface area contributed by atoms with Gasteiger partial charge in [-0.15, -0.1) is 0 Å². The van der Waals surface area contributed by atoms with Crippen molar-refractivity contribution in [2.45, 2.75) is 0 Å². The largest absolute Gasteiger partial charge is 1.00 e. The molecule has 0 aliphatic heterocycles. The second-order valence-corrected chi connectivity index (χ2v) is 7.53. The molecule has 0 aromatic rings. The van der Waals surface area contributed by atoms with Crippen molar-refractivity contribution in [3.05, 3.63) is 0 Å². The first-order valence-electron chi connectivity index (χ1n) is 1.90. The summed E-state index contributed by atoms with van der Waals surface area (Å²) >= 11 is 0.178. The van der Waals surface area contributed by atoms with Gasteiger partial charge in [0.1, 0.15) is 0 Å². The van der Waals surface area contributed by atoms with E-state index in [-0.39, 0.29) is 46.7 Å². The minimum absolute atomic E-state index is 0. The SMILES string of the molecule is NC(=[NH2+])S[Se]SC(N)=[NH2+].[Br-].[Br-]. The van der Waals surface area contributed by atoms with E-state index in [0.717, 1.165) is 0 Å². The van der Waals surface area contributed by atoms with Crippen molar-refractivity contribution in [1.82, 2.24) is 0 Å². The van der Waals surface area contributed by atoms with E-state index in [4.69, 9.17) is 22.3 Å². The van der Waals surface area contributed by atoms with E-state index in [1.165, 1.54) is 20.4 Å². The van der Waals surface area contributed by atoms with Crippen LogP contribution in [0.25, 0.3) is 0 Å². The molecular formula is C2H8Br2N4S2Se. The molecule has 68 valence electrons. The van der Waals surface area contributed by atoms with Gasteiger partial charge in [0, 0.05) is 0 Å². The summed E-state index contributed by atoms with van der Waals surface area (Å²) < 4.78 is 0. The van der Waals surface area contributed by atoms with Gasteiger partial charge in [0.05, 0.1) is 0 Å². The quantitative estimate of drug-likeness (QED) is 0.213. The predicted octanol–water partition coefficient (Wildman–Crippen LogP) is -9.86. The molecule has 0 rings (SSSR count). The Morgan fingerprint density at radius 3 is 1.45 bits per heavy atom. The third kappa shape index (κ3) is 18.2. The monoisotopic (exact) mass is 390 g/mol. The third-order valence-corrected chi connectivity index (χ3v) is 6.18. The van der Waals surface area contributed by atoms with Crippen molar-refractivity contribution >= 4 is 43.4 Å². The first-order chi connectivity index (χ1) is 4.13. The molecule has 0 aliphatic rings. The summed E-state index contributed by atoms with van der Waals surface area (Å²) in [5, 5.41) is 11.0. The number of rotatable bonds is 2. The van der Waals surface area contributed by atoms with E-state index >= 15 is 0 Å².